The second-order valence-corrected chi connectivity index (χ2v) is 4.93. The first-order valence-electron chi connectivity index (χ1n) is 7.14. The van der Waals surface area contributed by atoms with E-state index in [9.17, 15) is 9.90 Å². The third-order valence-corrected chi connectivity index (χ3v) is 3.62. The fourth-order valence-corrected chi connectivity index (χ4v) is 2.54. The summed E-state index contributed by atoms with van der Waals surface area (Å²) >= 11 is 0. The molecule has 0 saturated carbocycles. The van der Waals surface area contributed by atoms with Crippen molar-refractivity contribution in [2.45, 2.75) is 19.9 Å². The summed E-state index contributed by atoms with van der Waals surface area (Å²) in [7, 11) is 1.89. The van der Waals surface area contributed by atoms with Gasteiger partial charge in [-0.25, -0.2) is 4.98 Å². The molecule has 0 amide bonds. The Kier molecular flexibility index (Phi) is 4.75. The van der Waals surface area contributed by atoms with Crippen molar-refractivity contribution < 1.29 is 9.90 Å². The SMILES string of the molecule is CCN(CC)C(C(=O)O)c1cn(C)c(-c2ccccc2)n1. The predicted molar refractivity (Wildman–Crippen MR) is 81.9 cm³/mol. The van der Waals surface area contributed by atoms with E-state index in [1.807, 2.05) is 60.7 Å². The van der Waals surface area contributed by atoms with E-state index < -0.39 is 12.0 Å². The molecule has 2 rings (SSSR count). The number of likely N-dealkylation sites (N-methyl/N-ethyl adjacent to an activating group) is 1. The van der Waals surface area contributed by atoms with Crippen LogP contribution in [0.3, 0.4) is 0 Å². The fourth-order valence-electron chi connectivity index (χ4n) is 2.54. The molecule has 1 atom stereocenters. The highest BCUT2D eigenvalue weighted by molar-refractivity contribution is 5.75. The second-order valence-electron chi connectivity index (χ2n) is 4.93. The number of benzene rings is 1. The lowest BCUT2D eigenvalue weighted by Crippen LogP contribution is -2.34. The highest BCUT2D eigenvalue weighted by Crippen LogP contribution is 2.24. The van der Waals surface area contributed by atoms with Gasteiger partial charge in [-0.05, 0) is 13.1 Å². The molecule has 0 aliphatic rings. The van der Waals surface area contributed by atoms with Gasteiger partial charge in [0.25, 0.3) is 0 Å². The van der Waals surface area contributed by atoms with Gasteiger partial charge < -0.3 is 9.67 Å². The zero-order chi connectivity index (χ0) is 15.4. The molecule has 0 saturated heterocycles. The zero-order valence-corrected chi connectivity index (χ0v) is 12.7. The molecule has 0 aliphatic heterocycles. The summed E-state index contributed by atoms with van der Waals surface area (Å²) in [6.07, 6.45) is 1.80. The van der Waals surface area contributed by atoms with E-state index in [2.05, 4.69) is 4.98 Å². The van der Waals surface area contributed by atoms with Gasteiger partial charge in [0.05, 0.1) is 5.69 Å². The van der Waals surface area contributed by atoms with Gasteiger partial charge in [0, 0.05) is 18.8 Å². The van der Waals surface area contributed by atoms with E-state index in [0.717, 1.165) is 11.4 Å². The van der Waals surface area contributed by atoms with Crippen molar-refractivity contribution in [1.29, 1.82) is 0 Å². The molecule has 0 spiro atoms. The lowest BCUT2D eigenvalue weighted by molar-refractivity contribution is -0.143. The molecule has 0 bridgehead atoms. The first-order chi connectivity index (χ1) is 10.1. The number of aromatic nitrogens is 2. The predicted octanol–water partition coefficient (Wildman–Crippen LogP) is 2.55. The van der Waals surface area contributed by atoms with Crippen molar-refractivity contribution in [1.82, 2.24) is 14.5 Å². The second kappa shape index (κ2) is 6.54. The molecule has 1 unspecified atom stereocenters. The normalized spacial score (nSPS) is 12.6. The number of nitrogens with zero attached hydrogens (tertiary/aromatic N) is 3. The van der Waals surface area contributed by atoms with Gasteiger partial charge >= 0.3 is 5.97 Å². The molecule has 2 aromatic rings. The molecular weight excluding hydrogens is 266 g/mol. The van der Waals surface area contributed by atoms with Gasteiger partial charge in [0.15, 0.2) is 6.04 Å². The van der Waals surface area contributed by atoms with Crippen molar-refractivity contribution in [2.75, 3.05) is 13.1 Å². The average molecular weight is 287 g/mol. The van der Waals surface area contributed by atoms with Crippen molar-refractivity contribution >= 4 is 5.97 Å². The number of aryl methyl sites for hydroxylation is 1. The van der Waals surface area contributed by atoms with Crippen molar-refractivity contribution in [3.8, 4) is 11.4 Å². The maximum absolute atomic E-state index is 11.6. The maximum Gasteiger partial charge on any atom is 0.327 e. The van der Waals surface area contributed by atoms with Crippen LogP contribution in [0.1, 0.15) is 25.6 Å². The Labute approximate surface area is 124 Å². The number of imidazole rings is 1. The topological polar surface area (TPSA) is 58.4 Å². The van der Waals surface area contributed by atoms with Crippen molar-refractivity contribution in [3.63, 3.8) is 0 Å². The van der Waals surface area contributed by atoms with E-state index in [-0.39, 0.29) is 0 Å². The Morgan fingerprint density at radius 1 is 1.29 bits per heavy atom. The first kappa shape index (κ1) is 15.3. The van der Waals surface area contributed by atoms with Crippen LogP contribution >= 0.6 is 0 Å². The maximum atomic E-state index is 11.6. The third kappa shape index (κ3) is 3.13. The summed E-state index contributed by atoms with van der Waals surface area (Å²) in [5, 5.41) is 9.54. The standard InChI is InChI=1S/C16H21N3O2/c1-4-19(5-2)14(16(20)21)13-11-18(3)15(17-13)12-9-7-6-8-10-12/h6-11,14H,4-5H2,1-3H3,(H,20,21). The molecule has 0 aliphatic carbocycles. The molecule has 1 N–H and O–H groups in total. The molecule has 112 valence electrons. The fraction of sp³-hybridized carbons (Fsp3) is 0.375. The largest absolute Gasteiger partial charge is 0.480 e. The summed E-state index contributed by atoms with van der Waals surface area (Å²) in [4.78, 5) is 18.1. The van der Waals surface area contributed by atoms with Gasteiger partial charge in [-0.1, -0.05) is 44.2 Å². The zero-order valence-electron chi connectivity index (χ0n) is 12.7. The minimum atomic E-state index is -0.864. The molecule has 1 aromatic heterocycles. The summed E-state index contributed by atoms with van der Waals surface area (Å²) in [5.74, 6) is -0.0829. The van der Waals surface area contributed by atoms with Gasteiger partial charge in [-0.2, -0.15) is 0 Å². The number of hydrogen-bond acceptors (Lipinski definition) is 3. The van der Waals surface area contributed by atoms with E-state index in [0.29, 0.717) is 18.8 Å². The quantitative estimate of drug-likeness (QED) is 0.887. The third-order valence-electron chi connectivity index (χ3n) is 3.62. The Bertz CT molecular complexity index is 603. The summed E-state index contributed by atoms with van der Waals surface area (Å²) < 4.78 is 1.88. The molecule has 0 radical (unpaired) electrons. The molecule has 21 heavy (non-hydrogen) atoms. The number of carboxylic acid groups (broad SMARTS) is 1. The Hall–Kier alpha value is -2.14. The van der Waals surface area contributed by atoms with Crippen LogP contribution in [0.4, 0.5) is 0 Å². The molecule has 0 fully saturated rings. The first-order valence-corrected chi connectivity index (χ1v) is 7.14. The van der Waals surface area contributed by atoms with Gasteiger partial charge in [0.1, 0.15) is 5.82 Å². The van der Waals surface area contributed by atoms with Gasteiger partial charge in [-0.3, -0.25) is 9.69 Å². The summed E-state index contributed by atoms with van der Waals surface area (Å²) in [6.45, 7) is 5.26. The van der Waals surface area contributed by atoms with Crippen molar-refractivity contribution in [2.24, 2.45) is 7.05 Å². The van der Waals surface area contributed by atoms with Gasteiger partial charge in [0.2, 0.25) is 0 Å². The number of aliphatic carboxylic acids is 1. The van der Waals surface area contributed by atoms with Crippen LogP contribution in [0.2, 0.25) is 0 Å². The van der Waals surface area contributed by atoms with E-state index >= 15 is 0 Å². The summed E-state index contributed by atoms with van der Waals surface area (Å²) in [6, 6.07) is 9.08. The van der Waals surface area contributed by atoms with Crippen LogP contribution in [-0.2, 0) is 11.8 Å². The Morgan fingerprint density at radius 3 is 2.43 bits per heavy atom. The van der Waals surface area contributed by atoms with E-state index in [1.54, 1.807) is 6.20 Å². The van der Waals surface area contributed by atoms with Crippen LogP contribution < -0.4 is 0 Å². The van der Waals surface area contributed by atoms with Crippen LogP contribution in [-0.4, -0.2) is 38.6 Å². The number of hydrogen-bond donors (Lipinski definition) is 1. The molecule has 1 heterocycles. The highest BCUT2D eigenvalue weighted by Gasteiger charge is 2.28. The Morgan fingerprint density at radius 2 is 1.90 bits per heavy atom. The molecule has 1 aromatic carbocycles. The molecule has 5 heteroatoms. The summed E-state index contributed by atoms with van der Waals surface area (Å²) in [5.41, 5.74) is 1.56. The van der Waals surface area contributed by atoms with Gasteiger partial charge in [-0.15, -0.1) is 0 Å². The van der Waals surface area contributed by atoms with E-state index in [1.165, 1.54) is 0 Å². The van der Waals surface area contributed by atoms with Crippen LogP contribution in [0.5, 0.6) is 0 Å². The smallest absolute Gasteiger partial charge is 0.327 e. The number of carbonyl (C=O) groups is 1. The minimum Gasteiger partial charge on any atom is -0.480 e. The minimum absolute atomic E-state index is 0.576. The lowest BCUT2D eigenvalue weighted by atomic mass is 10.2. The monoisotopic (exact) mass is 287 g/mol. The highest BCUT2D eigenvalue weighted by atomic mass is 16.4. The molecule has 5 nitrogen and oxygen atoms in total. The number of rotatable bonds is 6. The van der Waals surface area contributed by atoms with Crippen LogP contribution in [0, 0.1) is 0 Å². The molecular formula is C16H21N3O2. The van der Waals surface area contributed by atoms with Crippen LogP contribution in [0.25, 0.3) is 11.4 Å². The van der Waals surface area contributed by atoms with E-state index in [4.69, 9.17) is 0 Å². The van der Waals surface area contributed by atoms with Crippen molar-refractivity contribution in [3.05, 3.63) is 42.2 Å². The average Bonchev–Trinajstić information content (AvgIpc) is 2.86. The number of carboxylic acids is 1. The lowest BCUT2D eigenvalue weighted by Gasteiger charge is -2.24. The Balaban J connectivity index is 2.42. The van der Waals surface area contributed by atoms with Crippen LogP contribution in [0.15, 0.2) is 36.5 Å².